The van der Waals surface area contributed by atoms with Gasteiger partial charge in [-0.2, -0.15) is 0 Å². The zero-order valence-corrected chi connectivity index (χ0v) is 10.7. The summed E-state index contributed by atoms with van der Waals surface area (Å²) in [6.07, 6.45) is 1.11. The maximum absolute atomic E-state index is 11.5. The molecule has 0 radical (unpaired) electrons. The number of hydrogen-bond acceptors (Lipinski definition) is 2. The lowest BCUT2D eigenvalue weighted by Crippen LogP contribution is -2.20. The summed E-state index contributed by atoms with van der Waals surface area (Å²) >= 11 is 8.86. The molecule has 0 unspecified atom stereocenters. The molecule has 1 heterocycles. The predicted octanol–water partition coefficient (Wildman–Crippen LogP) is 2.76. The van der Waals surface area contributed by atoms with Gasteiger partial charge in [-0.1, -0.05) is 0 Å². The van der Waals surface area contributed by atoms with Crippen LogP contribution in [0.3, 0.4) is 0 Å². The summed E-state index contributed by atoms with van der Waals surface area (Å²) in [4.78, 5) is 22.7. The number of benzene rings is 1. The molecule has 3 nitrogen and oxygen atoms in total. The Balaban J connectivity index is 2.46. The summed E-state index contributed by atoms with van der Waals surface area (Å²) in [5.74, 6) is -0.135. The fourth-order valence-corrected chi connectivity index (χ4v) is 2.44. The van der Waals surface area contributed by atoms with Gasteiger partial charge < -0.3 is 5.32 Å². The highest BCUT2D eigenvalue weighted by molar-refractivity contribution is 9.10. The Bertz CT molecular complexity index is 473. The third-order valence-corrected chi connectivity index (χ3v) is 3.37. The third kappa shape index (κ3) is 2.13. The van der Waals surface area contributed by atoms with Crippen LogP contribution in [0.25, 0.3) is 0 Å². The molecule has 1 N–H and O–H groups in total. The number of ketones is 1. The van der Waals surface area contributed by atoms with Crippen LogP contribution in [0.5, 0.6) is 0 Å². The Hall–Kier alpha value is -0.870. The van der Waals surface area contributed by atoms with Crippen LogP contribution in [0.15, 0.2) is 16.6 Å². The molecule has 0 fully saturated rings. The van der Waals surface area contributed by atoms with Crippen LogP contribution in [0, 0.1) is 0 Å². The average Bonchev–Trinajstić information content (AvgIpc) is 2.28. The number of alkyl halides is 1. The number of halogens is 2. The molecule has 0 saturated carbocycles. The van der Waals surface area contributed by atoms with Gasteiger partial charge in [-0.3, -0.25) is 9.59 Å². The van der Waals surface area contributed by atoms with E-state index in [9.17, 15) is 9.59 Å². The first-order chi connectivity index (χ1) is 7.61. The largest absolute Gasteiger partial charge is 0.325 e. The Morgan fingerprint density at radius 3 is 2.88 bits per heavy atom. The topological polar surface area (TPSA) is 46.2 Å². The van der Waals surface area contributed by atoms with Crippen LogP contribution < -0.4 is 5.32 Å². The fourth-order valence-electron chi connectivity index (χ4n) is 1.69. The molecule has 1 amide bonds. The van der Waals surface area contributed by atoms with E-state index in [0.717, 1.165) is 15.7 Å². The van der Waals surface area contributed by atoms with Crippen molar-refractivity contribution in [2.24, 2.45) is 0 Å². The molecule has 2 rings (SSSR count). The molecule has 84 valence electrons. The van der Waals surface area contributed by atoms with E-state index in [-0.39, 0.29) is 17.6 Å². The molecule has 0 bridgehead atoms. The molecule has 0 aromatic heterocycles. The van der Waals surface area contributed by atoms with Crippen molar-refractivity contribution in [3.05, 3.63) is 27.7 Å². The molecular weight excluding hydrogens is 293 g/mol. The van der Waals surface area contributed by atoms with E-state index in [1.54, 1.807) is 12.1 Å². The molecule has 0 saturated heterocycles. The average molecular weight is 303 g/mol. The first kappa shape index (κ1) is 11.6. The number of amides is 1. The van der Waals surface area contributed by atoms with E-state index in [0.29, 0.717) is 18.4 Å². The summed E-state index contributed by atoms with van der Waals surface area (Å²) < 4.78 is 0.728. The van der Waals surface area contributed by atoms with E-state index in [4.69, 9.17) is 11.6 Å². The van der Waals surface area contributed by atoms with Gasteiger partial charge in [0.05, 0.1) is 11.6 Å². The summed E-state index contributed by atoms with van der Waals surface area (Å²) in [6.45, 7) is 0. The van der Waals surface area contributed by atoms with Gasteiger partial charge in [0.25, 0.3) is 0 Å². The lowest BCUT2D eigenvalue weighted by atomic mass is 9.99. The lowest BCUT2D eigenvalue weighted by Gasteiger charge is -2.19. The third-order valence-electron chi connectivity index (χ3n) is 2.50. The second-order valence-electron chi connectivity index (χ2n) is 3.60. The number of carbonyl (C=O) groups excluding carboxylic acids is 2. The number of rotatable bonds is 2. The van der Waals surface area contributed by atoms with Crippen LogP contribution in [-0.2, 0) is 11.2 Å². The number of Topliss-reactive ketones (excluding diaryl/α,β-unsaturated/α-hetero) is 1. The van der Waals surface area contributed by atoms with Crippen LogP contribution >= 0.6 is 27.5 Å². The highest BCUT2D eigenvalue weighted by atomic mass is 79.9. The summed E-state index contributed by atoms with van der Waals surface area (Å²) in [7, 11) is 0. The minimum Gasteiger partial charge on any atom is -0.325 e. The van der Waals surface area contributed by atoms with Gasteiger partial charge >= 0.3 is 0 Å². The van der Waals surface area contributed by atoms with Gasteiger partial charge in [0.2, 0.25) is 5.91 Å². The van der Waals surface area contributed by atoms with E-state index in [1.807, 2.05) is 0 Å². The Kier molecular flexibility index (Phi) is 3.30. The fraction of sp³-hybridized carbons (Fsp3) is 0.273. The Morgan fingerprint density at radius 2 is 2.19 bits per heavy atom. The molecule has 16 heavy (non-hydrogen) atoms. The smallest absolute Gasteiger partial charge is 0.224 e. The molecule has 1 aliphatic rings. The van der Waals surface area contributed by atoms with E-state index < -0.39 is 0 Å². The lowest BCUT2D eigenvalue weighted by molar-refractivity contribution is -0.116. The summed E-state index contributed by atoms with van der Waals surface area (Å²) in [6, 6.07) is 3.49. The van der Waals surface area contributed by atoms with Crippen molar-refractivity contribution in [2.75, 3.05) is 11.2 Å². The number of aryl methyl sites for hydroxylation is 1. The molecule has 1 aromatic rings. The van der Waals surface area contributed by atoms with E-state index in [2.05, 4.69) is 21.2 Å². The maximum atomic E-state index is 11.5. The zero-order chi connectivity index (χ0) is 11.7. The van der Waals surface area contributed by atoms with Crippen LogP contribution in [0.4, 0.5) is 5.69 Å². The zero-order valence-electron chi connectivity index (χ0n) is 8.35. The van der Waals surface area contributed by atoms with Gasteiger partial charge in [-0.25, -0.2) is 0 Å². The normalized spacial score (nSPS) is 14.2. The first-order valence-corrected chi connectivity index (χ1v) is 6.16. The first-order valence-electron chi connectivity index (χ1n) is 4.83. The number of carbonyl (C=O) groups is 2. The van der Waals surface area contributed by atoms with Gasteiger partial charge in [0.15, 0.2) is 5.78 Å². The van der Waals surface area contributed by atoms with Crippen LogP contribution in [0.2, 0.25) is 0 Å². The van der Waals surface area contributed by atoms with E-state index >= 15 is 0 Å². The highest BCUT2D eigenvalue weighted by Crippen LogP contribution is 2.32. The molecule has 5 heteroatoms. The van der Waals surface area contributed by atoms with Gasteiger partial charge in [0.1, 0.15) is 0 Å². The van der Waals surface area contributed by atoms with Crippen molar-refractivity contribution < 1.29 is 9.59 Å². The molecule has 0 atom stereocenters. The number of fused-ring (bicyclic) bond motifs is 1. The molecule has 1 aromatic carbocycles. The Morgan fingerprint density at radius 1 is 1.44 bits per heavy atom. The highest BCUT2D eigenvalue weighted by Gasteiger charge is 2.19. The SMILES string of the molecule is O=C1CCc2cc(C(=O)CCl)cc(Br)c2N1. The van der Waals surface area contributed by atoms with Crippen molar-refractivity contribution in [2.45, 2.75) is 12.8 Å². The second-order valence-corrected chi connectivity index (χ2v) is 4.72. The summed E-state index contributed by atoms with van der Waals surface area (Å²) in [5.41, 5.74) is 2.32. The van der Waals surface area contributed by atoms with Crippen molar-refractivity contribution in [1.29, 1.82) is 0 Å². The standard InChI is InChI=1S/C11H9BrClNO2/c12-8-4-7(9(15)5-13)3-6-1-2-10(16)14-11(6)8/h3-4H,1-2,5H2,(H,14,16). The molecular formula is C11H9BrClNO2. The Labute approximate surface area is 106 Å². The predicted molar refractivity (Wildman–Crippen MR) is 66.1 cm³/mol. The maximum Gasteiger partial charge on any atom is 0.224 e. The van der Waals surface area contributed by atoms with Crippen molar-refractivity contribution in [1.82, 2.24) is 0 Å². The second kappa shape index (κ2) is 4.55. The van der Waals surface area contributed by atoms with Crippen molar-refractivity contribution in [3.8, 4) is 0 Å². The number of anilines is 1. The minimum absolute atomic E-state index is 0.00428. The molecule has 1 aliphatic heterocycles. The minimum atomic E-state index is -0.109. The van der Waals surface area contributed by atoms with Crippen molar-refractivity contribution in [3.63, 3.8) is 0 Å². The summed E-state index contributed by atoms with van der Waals surface area (Å²) in [5, 5.41) is 2.78. The van der Waals surface area contributed by atoms with Crippen LogP contribution in [0.1, 0.15) is 22.3 Å². The molecule has 0 aliphatic carbocycles. The van der Waals surface area contributed by atoms with Gasteiger partial charge in [-0.15, -0.1) is 11.6 Å². The van der Waals surface area contributed by atoms with Crippen LogP contribution in [-0.4, -0.2) is 17.6 Å². The molecule has 0 spiro atoms. The number of hydrogen-bond donors (Lipinski definition) is 1. The van der Waals surface area contributed by atoms with E-state index in [1.165, 1.54) is 0 Å². The van der Waals surface area contributed by atoms with Gasteiger partial charge in [-0.05, 0) is 40.0 Å². The quantitative estimate of drug-likeness (QED) is 0.674. The monoisotopic (exact) mass is 301 g/mol. The number of nitrogens with one attached hydrogen (secondary N) is 1. The van der Waals surface area contributed by atoms with Crippen molar-refractivity contribution >= 4 is 44.9 Å². The van der Waals surface area contributed by atoms with Gasteiger partial charge in [0, 0.05) is 16.5 Å².